The van der Waals surface area contributed by atoms with Crippen LogP contribution in [-0.2, 0) is 26.6 Å². The Labute approximate surface area is 156 Å². The van der Waals surface area contributed by atoms with E-state index in [1.54, 1.807) is 0 Å². The SMILES string of the molecule is O=C(OC1OC(C(=O)O)C(O)C(O)C1O)c1cc(C(F)(F)F)cc(C(F)(F)F)c1. The van der Waals surface area contributed by atoms with Gasteiger partial charge in [0.05, 0.1) is 16.7 Å². The van der Waals surface area contributed by atoms with Crippen molar-refractivity contribution in [2.75, 3.05) is 0 Å². The van der Waals surface area contributed by atoms with Crippen LogP contribution in [0.5, 0.6) is 0 Å². The van der Waals surface area contributed by atoms with E-state index in [1.165, 1.54) is 0 Å². The zero-order valence-corrected chi connectivity index (χ0v) is 13.8. The Morgan fingerprint density at radius 3 is 1.76 bits per heavy atom. The van der Waals surface area contributed by atoms with Crippen molar-refractivity contribution < 1.29 is 65.8 Å². The van der Waals surface area contributed by atoms with Gasteiger partial charge in [-0.15, -0.1) is 0 Å². The van der Waals surface area contributed by atoms with Crippen molar-refractivity contribution in [2.24, 2.45) is 0 Å². The normalized spacial score (nSPS) is 28.1. The van der Waals surface area contributed by atoms with Gasteiger partial charge in [-0.05, 0) is 18.2 Å². The lowest BCUT2D eigenvalue weighted by Gasteiger charge is -2.37. The quantitative estimate of drug-likeness (QED) is 0.405. The van der Waals surface area contributed by atoms with Gasteiger partial charge in [-0.3, -0.25) is 0 Å². The third kappa shape index (κ3) is 4.95. The predicted octanol–water partition coefficient (Wildman–Crippen LogP) is 0.773. The average Bonchev–Trinajstić information content (AvgIpc) is 2.59. The number of aliphatic hydroxyl groups is 3. The molecule has 14 heteroatoms. The summed E-state index contributed by atoms with van der Waals surface area (Å²) in [5, 5.41) is 37.7. The van der Waals surface area contributed by atoms with Gasteiger partial charge in [0.15, 0.2) is 6.10 Å². The van der Waals surface area contributed by atoms with Gasteiger partial charge in [-0.25, -0.2) is 9.59 Å². The minimum atomic E-state index is -5.24. The Hall–Kier alpha value is -2.42. The van der Waals surface area contributed by atoms with Crippen molar-refractivity contribution in [2.45, 2.75) is 43.1 Å². The van der Waals surface area contributed by atoms with Crippen LogP contribution in [-0.4, -0.2) is 63.1 Å². The Balaban J connectivity index is 2.35. The lowest BCUT2D eigenvalue weighted by atomic mass is 9.99. The second kappa shape index (κ2) is 7.78. The topological polar surface area (TPSA) is 134 Å². The molecule has 0 amide bonds. The van der Waals surface area contributed by atoms with Crippen LogP contribution < -0.4 is 0 Å². The van der Waals surface area contributed by atoms with Crippen molar-refractivity contribution in [1.82, 2.24) is 0 Å². The van der Waals surface area contributed by atoms with Gasteiger partial charge in [-0.2, -0.15) is 26.3 Å². The van der Waals surface area contributed by atoms with Crippen molar-refractivity contribution >= 4 is 11.9 Å². The van der Waals surface area contributed by atoms with Gasteiger partial charge in [0.2, 0.25) is 6.29 Å². The van der Waals surface area contributed by atoms with Crippen LogP contribution in [0.3, 0.4) is 0 Å². The van der Waals surface area contributed by atoms with Crippen LogP contribution >= 0.6 is 0 Å². The number of alkyl halides is 6. The van der Waals surface area contributed by atoms with Gasteiger partial charge in [-0.1, -0.05) is 0 Å². The third-order valence-corrected chi connectivity index (χ3v) is 3.86. The number of halogens is 6. The molecule has 162 valence electrons. The van der Waals surface area contributed by atoms with Crippen molar-refractivity contribution in [3.8, 4) is 0 Å². The molecule has 0 aromatic heterocycles. The van der Waals surface area contributed by atoms with Crippen LogP contribution in [0.25, 0.3) is 0 Å². The number of hydrogen-bond donors (Lipinski definition) is 4. The van der Waals surface area contributed by atoms with E-state index in [2.05, 4.69) is 9.47 Å². The molecule has 1 aromatic rings. The van der Waals surface area contributed by atoms with Gasteiger partial charge >= 0.3 is 24.3 Å². The number of carbonyl (C=O) groups excluding carboxylic acids is 1. The fraction of sp³-hybridized carbons (Fsp3) is 0.467. The number of aliphatic hydroxyl groups excluding tert-OH is 3. The predicted molar refractivity (Wildman–Crippen MR) is 76.2 cm³/mol. The first-order chi connectivity index (χ1) is 13.1. The zero-order valence-electron chi connectivity index (χ0n) is 13.8. The van der Waals surface area contributed by atoms with Crippen molar-refractivity contribution in [3.05, 3.63) is 34.9 Å². The highest BCUT2D eigenvalue weighted by Crippen LogP contribution is 2.36. The minimum Gasteiger partial charge on any atom is -0.479 e. The summed E-state index contributed by atoms with van der Waals surface area (Å²) in [6, 6.07) is -0.136. The molecule has 1 aliphatic heterocycles. The molecule has 29 heavy (non-hydrogen) atoms. The second-order valence-electron chi connectivity index (χ2n) is 5.93. The minimum absolute atomic E-state index is 0.0483. The first-order valence-electron chi connectivity index (χ1n) is 7.56. The Morgan fingerprint density at radius 1 is 0.862 bits per heavy atom. The molecular weight excluding hydrogens is 422 g/mol. The monoisotopic (exact) mass is 434 g/mol. The van der Waals surface area contributed by atoms with E-state index >= 15 is 0 Å². The number of benzene rings is 1. The summed E-state index contributed by atoms with van der Waals surface area (Å²) in [6.45, 7) is 0. The summed E-state index contributed by atoms with van der Waals surface area (Å²) >= 11 is 0. The van der Waals surface area contributed by atoms with Gasteiger partial charge in [0.1, 0.15) is 18.3 Å². The zero-order chi connectivity index (χ0) is 22.3. The molecule has 1 fully saturated rings. The summed E-state index contributed by atoms with van der Waals surface area (Å²) < 4.78 is 86.1. The number of ether oxygens (including phenoxy) is 2. The molecule has 5 atom stereocenters. The van der Waals surface area contributed by atoms with E-state index in [0.29, 0.717) is 0 Å². The highest BCUT2D eigenvalue weighted by Gasteiger charge is 2.49. The summed E-state index contributed by atoms with van der Waals surface area (Å²) in [4.78, 5) is 23.0. The van der Waals surface area contributed by atoms with E-state index in [-0.39, 0.29) is 18.2 Å². The molecule has 5 unspecified atom stereocenters. The molecule has 1 saturated heterocycles. The summed E-state index contributed by atoms with van der Waals surface area (Å²) in [5.74, 6) is -3.68. The maximum atomic E-state index is 12.8. The summed E-state index contributed by atoms with van der Waals surface area (Å²) in [7, 11) is 0. The van der Waals surface area contributed by atoms with Gasteiger partial charge in [0.25, 0.3) is 0 Å². The number of esters is 1. The lowest BCUT2D eigenvalue weighted by molar-refractivity contribution is -0.278. The number of carboxylic acids is 1. The lowest BCUT2D eigenvalue weighted by Crippen LogP contribution is -2.60. The van der Waals surface area contributed by atoms with Crippen LogP contribution in [0.15, 0.2) is 18.2 Å². The summed E-state index contributed by atoms with van der Waals surface area (Å²) in [6.07, 6.45) is -21.6. The Kier molecular flexibility index (Phi) is 6.13. The van der Waals surface area contributed by atoms with Crippen LogP contribution in [0.4, 0.5) is 26.3 Å². The number of aliphatic carboxylic acids is 1. The maximum Gasteiger partial charge on any atom is 0.416 e. The summed E-state index contributed by atoms with van der Waals surface area (Å²) in [5.41, 5.74) is -4.86. The smallest absolute Gasteiger partial charge is 0.416 e. The number of carbonyl (C=O) groups is 2. The number of rotatable bonds is 3. The number of hydrogen-bond acceptors (Lipinski definition) is 7. The first-order valence-corrected chi connectivity index (χ1v) is 7.56. The molecule has 0 saturated carbocycles. The first kappa shape index (κ1) is 22.9. The van der Waals surface area contributed by atoms with Crippen molar-refractivity contribution in [3.63, 3.8) is 0 Å². The highest BCUT2D eigenvalue weighted by atomic mass is 19.4. The molecular formula is C15H12F6O8. The molecule has 8 nitrogen and oxygen atoms in total. The third-order valence-electron chi connectivity index (χ3n) is 3.86. The molecule has 1 aromatic carbocycles. The molecule has 0 aliphatic carbocycles. The van der Waals surface area contributed by atoms with Crippen molar-refractivity contribution in [1.29, 1.82) is 0 Å². The van der Waals surface area contributed by atoms with E-state index in [1.807, 2.05) is 0 Å². The van der Waals surface area contributed by atoms with E-state index in [4.69, 9.17) is 5.11 Å². The molecule has 1 heterocycles. The van der Waals surface area contributed by atoms with E-state index < -0.39 is 71.7 Å². The van der Waals surface area contributed by atoms with Crippen LogP contribution in [0.2, 0.25) is 0 Å². The molecule has 4 N–H and O–H groups in total. The van der Waals surface area contributed by atoms with Gasteiger partial charge in [0, 0.05) is 0 Å². The van der Waals surface area contributed by atoms with Crippen LogP contribution in [0.1, 0.15) is 21.5 Å². The molecule has 0 radical (unpaired) electrons. The van der Waals surface area contributed by atoms with E-state index in [9.17, 15) is 51.3 Å². The van der Waals surface area contributed by atoms with E-state index in [0.717, 1.165) is 0 Å². The standard InChI is InChI=1S/C15H12F6O8/c16-14(17,18)5-1-4(2-6(3-5)15(19,20)21)12(27)29-13-9(24)7(22)8(23)10(28-13)11(25)26/h1-3,7-10,13,22-24H,(H,25,26). The van der Waals surface area contributed by atoms with Crippen LogP contribution in [0, 0.1) is 0 Å². The molecule has 2 rings (SSSR count). The second-order valence-corrected chi connectivity index (χ2v) is 5.93. The largest absolute Gasteiger partial charge is 0.479 e. The Morgan fingerprint density at radius 2 is 1.34 bits per heavy atom. The molecule has 0 spiro atoms. The molecule has 1 aliphatic rings. The maximum absolute atomic E-state index is 12.8. The Bertz CT molecular complexity index is 760. The fourth-order valence-corrected chi connectivity index (χ4v) is 2.40. The highest BCUT2D eigenvalue weighted by molar-refractivity contribution is 5.90. The fourth-order valence-electron chi connectivity index (χ4n) is 2.40. The number of carboxylic acid groups (broad SMARTS) is 1. The van der Waals surface area contributed by atoms with Gasteiger partial charge < -0.3 is 29.9 Å². The molecule has 0 bridgehead atoms. The average molecular weight is 434 g/mol.